The van der Waals surface area contributed by atoms with Gasteiger partial charge in [-0.25, -0.2) is 4.98 Å². The van der Waals surface area contributed by atoms with Crippen molar-refractivity contribution in [2.24, 2.45) is 0 Å². The second-order valence-corrected chi connectivity index (χ2v) is 4.41. The van der Waals surface area contributed by atoms with Crippen LogP contribution in [-0.2, 0) is 11.2 Å². The largest absolute Gasteiger partial charge is 0.385 e. The Morgan fingerprint density at radius 1 is 1.64 bits per heavy atom. The second-order valence-electron chi connectivity index (χ2n) is 3.26. The highest BCUT2D eigenvalue weighted by Crippen LogP contribution is 2.20. The topological polar surface area (TPSA) is 34.2 Å². The Labute approximate surface area is 89.5 Å². The van der Waals surface area contributed by atoms with E-state index in [0.717, 1.165) is 19.4 Å². The summed E-state index contributed by atoms with van der Waals surface area (Å²) in [5, 5.41) is 4.42. The van der Waals surface area contributed by atoms with Crippen LogP contribution >= 0.6 is 11.3 Å². The quantitative estimate of drug-likeness (QED) is 0.735. The predicted molar refractivity (Wildman–Crippen MR) is 59.8 cm³/mol. The Balaban J connectivity index is 2.42. The van der Waals surface area contributed by atoms with Crippen LogP contribution in [0.15, 0.2) is 6.20 Å². The molecular weight excluding hydrogens is 196 g/mol. The highest BCUT2D eigenvalue weighted by molar-refractivity contribution is 7.11. The van der Waals surface area contributed by atoms with Gasteiger partial charge in [0.05, 0.1) is 5.01 Å². The zero-order valence-electron chi connectivity index (χ0n) is 9.04. The lowest BCUT2D eigenvalue weighted by Crippen LogP contribution is -2.10. The van der Waals surface area contributed by atoms with Crippen LogP contribution in [0.1, 0.15) is 29.3 Å². The monoisotopic (exact) mass is 214 g/mol. The van der Waals surface area contributed by atoms with E-state index in [4.69, 9.17) is 4.74 Å². The molecule has 0 aromatic carbocycles. The lowest BCUT2D eigenvalue weighted by Gasteiger charge is -2.04. The van der Waals surface area contributed by atoms with Gasteiger partial charge in [-0.3, -0.25) is 0 Å². The molecule has 0 aliphatic carbocycles. The lowest BCUT2D eigenvalue weighted by molar-refractivity contribution is 0.195. The standard InChI is InChI=1S/C10H18N2OS/c1-8(11-2)9-7-12-10(14-9)5-4-6-13-3/h7-8,11H,4-6H2,1-3H3. The first-order chi connectivity index (χ1) is 6.77. The summed E-state index contributed by atoms with van der Waals surface area (Å²) in [4.78, 5) is 5.69. The fourth-order valence-corrected chi connectivity index (χ4v) is 2.17. The van der Waals surface area contributed by atoms with E-state index in [9.17, 15) is 0 Å². The van der Waals surface area contributed by atoms with Crippen LogP contribution < -0.4 is 5.32 Å². The average Bonchev–Trinajstić information content (AvgIpc) is 2.66. The second kappa shape index (κ2) is 6.11. The van der Waals surface area contributed by atoms with Gasteiger partial charge in [0, 0.05) is 37.3 Å². The van der Waals surface area contributed by atoms with Gasteiger partial charge in [-0.2, -0.15) is 0 Å². The van der Waals surface area contributed by atoms with E-state index in [2.05, 4.69) is 17.2 Å². The maximum Gasteiger partial charge on any atom is 0.0929 e. The molecule has 1 atom stereocenters. The zero-order valence-corrected chi connectivity index (χ0v) is 9.86. The molecule has 14 heavy (non-hydrogen) atoms. The highest BCUT2D eigenvalue weighted by atomic mass is 32.1. The van der Waals surface area contributed by atoms with Crippen molar-refractivity contribution >= 4 is 11.3 Å². The summed E-state index contributed by atoms with van der Waals surface area (Å²) >= 11 is 1.79. The number of aryl methyl sites for hydroxylation is 1. The Morgan fingerprint density at radius 2 is 2.43 bits per heavy atom. The van der Waals surface area contributed by atoms with Gasteiger partial charge in [0.25, 0.3) is 0 Å². The number of methoxy groups -OCH3 is 1. The number of rotatable bonds is 6. The molecule has 0 saturated carbocycles. The van der Waals surface area contributed by atoms with Gasteiger partial charge in [0.1, 0.15) is 0 Å². The molecule has 1 unspecified atom stereocenters. The van der Waals surface area contributed by atoms with Crippen LogP contribution in [0, 0.1) is 0 Å². The maximum atomic E-state index is 5.00. The van der Waals surface area contributed by atoms with Crippen molar-refractivity contribution < 1.29 is 4.74 Å². The molecule has 0 fully saturated rings. The van der Waals surface area contributed by atoms with Crippen LogP contribution in [0.5, 0.6) is 0 Å². The molecule has 1 N–H and O–H groups in total. The van der Waals surface area contributed by atoms with Crippen LogP contribution in [0.25, 0.3) is 0 Å². The first-order valence-corrected chi connectivity index (χ1v) is 5.70. The van der Waals surface area contributed by atoms with Crippen LogP contribution in [-0.4, -0.2) is 25.7 Å². The molecule has 0 aliphatic rings. The molecular formula is C10H18N2OS. The summed E-state index contributed by atoms with van der Waals surface area (Å²) in [6, 6.07) is 0.406. The minimum Gasteiger partial charge on any atom is -0.385 e. The van der Waals surface area contributed by atoms with Crippen molar-refractivity contribution in [2.75, 3.05) is 20.8 Å². The maximum absolute atomic E-state index is 5.00. The molecule has 0 saturated heterocycles. The molecule has 1 aromatic rings. The van der Waals surface area contributed by atoms with E-state index >= 15 is 0 Å². The number of thiazole rings is 1. The lowest BCUT2D eigenvalue weighted by atomic mass is 10.3. The molecule has 0 amide bonds. The number of aromatic nitrogens is 1. The normalized spacial score (nSPS) is 13.1. The number of hydrogen-bond acceptors (Lipinski definition) is 4. The molecule has 1 aromatic heterocycles. The molecule has 1 rings (SSSR count). The summed E-state index contributed by atoms with van der Waals surface area (Å²) in [7, 11) is 3.70. The summed E-state index contributed by atoms with van der Waals surface area (Å²) in [5.74, 6) is 0. The van der Waals surface area contributed by atoms with Gasteiger partial charge < -0.3 is 10.1 Å². The van der Waals surface area contributed by atoms with Gasteiger partial charge in [-0.15, -0.1) is 11.3 Å². The fraction of sp³-hybridized carbons (Fsp3) is 0.700. The highest BCUT2D eigenvalue weighted by Gasteiger charge is 2.07. The third kappa shape index (κ3) is 3.36. The van der Waals surface area contributed by atoms with Crippen molar-refractivity contribution in [1.82, 2.24) is 10.3 Å². The molecule has 1 heterocycles. The van der Waals surface area contributed by atoms with Crippen molar-refractivity contribution in [2.45, 2.75) is 25.8 Å². The Hall–Kier alpha value is -0.450. The van der Waals surface area contributed by atoms with Gasteiger partial charge >= 0.3 is 0 Å². The average molecular weight is 214 g/mol. The summed E-state index contributed by atoms with van der Waals surface area (Å²) in [6.45, 7) is 2.96. The zero-order chi connectivity index (χ0) is 10.4. The molecule has 0 spiro atoms. The van der Waals surface area contributed by atoms with Crippen molar-refractivity contribution in [3.8, 4) is 0 Å². The molecule has 0 bridgehead atoms. The molecule has 4 heteroatoms. The van der Waals surface area contributed by atoms with E-state index in [1.807, 2.05) is 13.2 Å². The van der Waals surface area contributed by atoms with Crippen molar-refractivity contribution in [3.63, 3.8) is 0 Å². The summed E-state index contributed by atoms with van der Waals surface area (Å²) in [6.07, 6.45) is 4.04. The first kappa shape index (κ1) is 11.6. The third-order valence-corrected chi connectivity index (χ3v) is 3.41. The Bertz CT molecular complexity index is 262. The number of ether oxygens (including phenoxy) is 1. The van der Waals surface area contributed by atoms with E-state index in [1.165, 1.54) is 9.88 Å². The predicted octanol–water partition coefficient (Wildman–Crippen LogP) is 2.00. The van der Waals surface area contributed by atoms with Gasteiger partial charge in [0.15, 0.2) is 0 Å². The third-order valence-electron chi connectivity index (χ3n) is 2.17. The molecule has 3 nitrogen and oxygen atoms in total. The van der Waals surface area contributed by atoms with Crippen LogP contribution in [0.3, 0.4) is 0 Å². The van der Waals surface area contributed by atoms with Gasteiger partial charge in [0.2, 0.25) is 0 Å². The van der Waals surface area contributed by atoms with E-state index in [0.29, 0.717) is 6.04 Å². The smallest absolute Gasteiger partial charge is 0.0929 e. The van der Waals surface area contributed by atoms with Crippen LogP contribution in [0.2, 0.25) is 0 Å². The van der Waals surface area contributed by atoms with E-state index < -0.39 is 0 Å². The Morgan fingerprint density at radius 3 is 3.07 bits per heavy atom. The number of nitrogens with zero attached hydrogens (tertiary/aromatic N) is 1. The fourth-order valence-electron chi connectivity index (χ4n) is 1.15. The Kier molecular flexibility index (Phi) is 5.07. The minimum atomic E-state index is 0.406. The molecule has 0 aliphatic heterocycles. The van der Waals surface area contributed by atoms with E-state index in [1.54, 1.807) is 18.4 Å². The molecule has 80 valence electrons. The number of hydrogen-bond donors (Lipinski definition) is 1. The van der Waals surface area contributed by atoms with Crippen molar-refractivity contribution in [3.05, 3.63) is 16.1 Å². The van der Waals surface area contributed by atoms with Gasteiger partial charge in [-0.05, 0) is 20.4 Å². The summed E-state index contributed by atoms with van der Waals surface area (Å²) < 4.78 is 5.00. The van der Waals surface area contributed by atoms with Crippen LogP contribution in [0.4, 0.5) is 0 Å². The van der Waals surface area contributed by atoms with E-state index in [-0.39, 0.29) is 0 Å². The first-order valence-electron chi connectivity index (χ1n) is 4.88. The van der Waals surface area contributed by atoms with Crippen molar-refractivity contribution in [1.29, 1.82) is 0 Å². The number of nitrogens with one attached hydrogen (secondary N) is 1. The summed E-state index contributed by atoms with van der Waals surface area (Å²) in [5.41, 5.74) is 0. The van der Waals surface area contributed by atoms with Gasteiger partial charge in [-0.1, -0.05) is 0 Å². The minimum absolute atomic E-state index is 0.406. The SMILES string of the molecule is CNC(C)c1cnc(CCCOC)s1. The molecule has 0 radical (unpaired) electrons.